The maximum Gasteiger partial charge on any atom is 0.248 e. The summed E-state index contributed by atoms with van der Waals surface area (Å²) in [6.07, 6.45) is 8.66. The highest BCUT2D eigenvalue weighted by Gasteiger charge is 2.16. The summed E-state index contributed by atoms with van der Waals surface area (Å²) in [4.78, 5) is 17.1. The van der Waals surface area contributed by atoms with E-state index in [1.807, 2.05) is 18.4 Å². The molecule has 8 heteroatoms. The SMILES string of the molecule is C#CCOc1nc(N)nc2c1ncn2Cc1ncc(C)c(OC)c1C. The minimum Gasteiger partial charge on any atom is -0.496 e. The van der Waals surface area contributed by atoms with Crippen molar-refractivity contribution in [1.82, 2.24) is 24.5 Å². The van der Waals surface area contributed by atoms with E-state index in [1.165, 1.54) is 0 Å². The fourth-order valence-electron chi connectivity index (χ4n) is 2.65. The van der Waals surface area contributed by atoms with Crippen molar-refractivity contribution < 1.29 is 9.47 Å². The van der Waals surface area contributed by atoms with Gasteiger partial charge in [0, 0.05) is 17.3 Å². The second-order valence-corrected chi connectivity index (χ2v) is 5.47. The van der Waals surface area contributed by atoms with E-state index in [0.717, 1.165) is 22.6 Å². The van der Waals surface area contributed by atoms with E-state index in [9.17, 15) is 0 Å². The van der Waals surface area contributed by atoms with E-state index in [-0.39, 0.29) is 18.4 Å². The van der Waals surface area contributed by atoms with Gasteiger partial charge in [-0.3, -0.25) is 4.98 Å². The third kappa shape index (κ3) is 3.04. The lowest BCUT2D eigenvalue weighted by Gasteiger charge is -2.13. The van der Waals surface area contributed by atoms with E-state index in [4.69, 9.17) is 21.6 Å². The van der Waals surface area contributed by atoms with Crippen molar-refractivity contribution in [2.24, 2.45) is 0 Å². The lowest BCUT2D eigenvalue weighted by Crippen LogP contribution is -2.07. The summed E-state index contributed by atoms with van der Waals surface area (Å²) >= 11 is 0. The van der Waals surface area contributed by atoms with Crippen LogP contribution in [0.3, 0.4) is 0 Å². The number of aryl methyl sites for hydroxylation is 1. The molecule has 3 rings (SSSR count). The maximum absolute atomic E-state index is 5.78. The van der Waals surface area contributed by atoms with Gasteiger partial charge >= 0.3 is 0 Å². The highest BCUT2D eigenvalue weighted by molar-refractivity contribution is 5.77. The van der Waals surface area contributed by atoms with Gasteiger partial charge < -0.3 is 19.8 Å². The molecule has 0 aliphatic rings. The van der Waals surface area contributed by atoms with E-state index >= 15 is 0 Å². The predicted octanol–water partition coefficient (Wildman–Crippen LogP) is 1.49. The average molecular weight is 338 g/mol. The van der Waals surface area contributed by atoms with Gasteiger partial charge in [-0.15, -0.1) is 6.42 Å². The second-order valence-electron chi connectivity index (χ2n) is 5.47. The van der Waals surface area contributed by atoms with Crippen molar-refractivity contribution in [3.8, 4) is 24.0 Å². The smallest absolute Gasteiger partial charge is 0.248 e. The summed E-state index contributed by atoms with van der Waals surface area (Å²) in [6, 6.07) is 0. The molecule has 3 aromatic heterocycles. The molecule has 3 heterocycles. The lowest BCUT2D eigenvalue weighted by molar-refractivity contribution is 0.360. The molecule has 0 saturated heterocycles. The van der Waals surface area contributed by atoms with Crippen molar-refractivity contribution in [1.29, 1.82) is 0 Å². The molecule has 2 N–H and O–H groups in total. The summed E-state index contributed by atoms with van der Waals surface area (Å²) in [5.41, 5.74) is 9.64. The minimum atomic E-state index is 0.0776. The van der Waals surface area contributed by atoms with E-state index in [2.05, 4.69) is 25.9 Å². The van der Waals surface area contributed by atoms with Gasteiger partial charge in [-0.25, -0.2) is 4.98 Å². The molecule has 8 nitrogen and oxygen atoms in total. The van der Waals surface area contributed by atoms with Gasteiger partial charge in [-0.2, -0.15) is 9.97 Å². The number of ether oxygens (including phenoxy) is 2. The summed E-state index contributed by atoms with van der Waals surface area (Å²) in [7, 11) is 1.65. The molecule has 0 aliphatic heterocycles. The highest BCUT2D eigenvalue weighted by Crippen LogP contribution is 2.26. The van der Waals surface area contributed by atoms with E-state index in [1.54, 1.807) is 19.6 Å². The van der Waals surface area contributed by atoms with E-state index in [0.29, 0.717) is 17.7 Å². The van der Waals surface area contributed by atoms with Crippen LogP contribution in [0, 0.1) is 26.2 Å². The van der Waals surface area contributed by atoms with Gasteiger partial charge in [0.25, 0.3) is 0 Å². The third-order valence-corrected chi connectivity index (χ3v) is 3.81. The molecule has 0 fully saturated rings. The van der Waals surface area contributed by atoms with Crippen LogP contribution < -0.4 is 15.2 Å². The Hall–Kier alpha value is -3.34. The summed E-state index contributed by atoms with van der Waals surface area (Å²) in [5.74, 6) is 3.57. The van der Waals surface area contributed by atoms with Gasteiger partial charge in [0.1, 0.15) is 5.75 Å². The quantitative estimate of drug-likeness (QED) is 0.703. The van der Waals surface area contributed by atoms with Crippen molar-refractivity contribution in [3.63, 3.8) is 0 Å². The van der Waals surface area contributed by atoms with Crippen molar-refractivity contribution in [3.05, 3.63) is 29.3 Å². The first kappa shape index (κ1) is 16.5. The number of nitrogens with zero attached hydrogens (tertiary/aromatic N) is 5. The van der Waals surface area contributed by atoms with Crippen molar-refractivity contribution in [2.75, 3.05) is 19.5 Å². The van der Waals surface area contributed by atoms with E-state index < -0.39 is 0 Å². The Bertz CT molecular complexity index is 973. The molecule has 128 valence electrons. The number of anilines is 1. The third-order valence-electron chi connectivity index (χ3n) is 3.81. The number of methoxy groups -OCH3 is 1. The van der Waals surface area contributed by atoms with Crippen molar-refractivity contribution in [2.45, 2.75) is 20.4 Å². The molecular weight excluding hydrogens is 320 g/mol. The van der Waals surface area contributed by atoms with Gasteiger partial charge in [0.15, 0.2) is 17.8 Å². The molecule has 0 aliphatic carbocycles. The summed E-state index contributed by atoms with van der Waals surface area (Å²) in [6.45, 7) is 4.47. The number of nitrogens with two attached hydrogens (primary N) is 1. The molecule has 25 heavy (non-hydrogen) atoms. The van der Waals surface area contributed by atoms with Crippen LogP contribution in [0.25, 0.3) is 11.2 Å². The fourth-order valence-corrected chi connectivity index (χ4v) is 2.65. The number of hydrogen-bond donors (Lipinski definition) is 1. The number of rotatable bonds is 5. The summed E-state index contributed by atoms with van der Waals surface area (Å²) < 4.78 is 12.7. The first-order valence-electron chi connectivity index (χ1n) is 7.58. The Morgan fingerprint density at radius 3 is 2.80 bits per heavy atom. The number of hydrogen-bond acceptors (Lipinski definition) is 7. The molecule has 0 amide bonds. The number of fused-ring (bicyclic) bond motifs is 1. The van der Waals surface area contributed by atoms with Crippen LogP contribution in [0.5, 0.6) is 11.6 Å². The number of imidazole rings is 1. The molecule has 0 atom stereocenters. The molecule has 3 aromatic rings. The zero-order valence-electron chi connectivity index (χ0n) is 14.3. The van der Waals surface area contributed by atoms with Gasteiger partial charge in [-0.05, 0) is 13.8 Å². The Labute approximate surface area is 145 Å². The van der Waals surface area contributed by atoms with Crippen molar-refractivity contribution >= 4 is 17.1 Å². The van der Waals surface area contributed by atoms with Gasteiger partial charge in [0.05, 0.1) is 25.7 Å². The maximum atomic E-state index is 5.78. The molecule has 0 radical (unpaired) electrons. The Morgan fingerprint density at radius 2 is 2.08 bits per heavy atom. The topological polar surface area (TPSA) is 101 Å². The fraction of sp³-hybridized carbons (Fsp3) is 0.294. The zero-order chi connectivity index (χ0) is 18.0. The average Bonchev–Trinajstić information content (AvgIpc) is 2.98. The number of terminal acetylenes is 1. The normalized spacial score (nSPS) is 10.6. The van der Waals surface area contributed by atoms with Crippen LogP contribution in [0.2, 0.25) is 0 Å². The molecule has 0 spiro atoms. The lowest BCUT2D eigenvalue weighted by atomic mass is 10.1. The number of nitrogen functional groups attached to an aromatic ring is 1. The Kier molecular flexibility index (Phi) is 4.39. The molecule has 0 aromatic carbocycles. The first-order chi connectivity index (χ1) is 12.0. The molecule has 0 saturated carbocycles. The van der Waals surface area contributed by atoms with Gasteiger partial charge in [-0.1, -0.05) is 5.92 Å². The van der Waals surface area contributed by atoms with Crippen LogP contribution >= 0.6 is 0 Å². The highest BCUT2D eigenvalue weighted by atomic mass is 16.5. The Balaban J connectivity index is 2.04. The predicted molar refractivity (Wildman–Crippen MR) is 93.4 cm³/mol. The van der Waals surface area contributed by atoms with Crippen LogP contribution in [0.4, 0.5) is 5.95 Å². The minimum absolute atomic E-state index is 0.0776. The second kappa shape index (κ2) is 6.65. The van der Waals surface area contributed by atoms with Crippen LogP contribution in [0.1, 0.15) is 16.8 Å². The number of aromatic nitrogens is 5. The molecule has 0 unspecified atom stereocenters. The number of pyridine rings is 1. The van der Waals surface area contributed by atoms with Crippen LogP contribution in [-0.2, 0) is 6.54 Å². The molecular formula is C17H18N6O2. The Morgan fingerprint density at radius 1 is 1.28 bits per heavy atom. The standard InChI is InChI=1S/C17H18N6O2/c1-5-6-25-16-13-15(21-17(18)22-16)23(9-20-13)8-12-11(3)14(24-4)10(2)7-19-12/h1,7,9H,6,8H2,2-4H3,(H2,18,21,22). The molecule has 0 bridgehead atoms. The van der Waals surface area contributed by atoms with Gasteiger partial charge in [0.2, 0.25) is 11.8 Å². The van der Waals surface area contributed by atoms with Crippen LogP contribution in [0.15, 0.2) is 12.5 Å². The first-order valence-corrected chi connectivity index (χ1v) is 7.58. The summed E-state index contributed by atoms with van der Waals surface area (Å²) in [5, 5.41) is 0. The zero-order valence-corrected chi connectivity index (χ0v) is 14.3. The van der Waals surface area contributed by atoms with Crippen LogP contribution in [-0.4, -0.2) is 38.2 Å². The largest absolute Gasteiger partial charge is 0.496 e. The monoisotopic (exact) mass is 338 g/mol.